The van der Waals surface area contributed by atoms with E-state index in [1.165, 1.54) is 24.0 Å². The van der Waals surface area contributed by atoms with E-state index in [0.717, 1.165) is 36.2 Å². The van der Waals surface area contributed by atoms with Crippen molar-refractivity contribution in [3.05, 3.63) is 27.7 Å². The van der Waals surface area contributed by atoms with Gasteiger partial charge in [0.2, 0.25) is 0 Å². The Hall–Kier alpha value is -0.580. The molecule has 0 aromatic heterocycles. The molecule has 1 aliphatic carbocycles. The number of hydrogen-bond acceptors (Lipinski definition) is 3. The molecule has 0 radical (unpaired) electrons. The van der Waals surface area contributed by atoms with Crippen LogP contribution in [-0.4, -0.2) is 25.4 Å². The standard InChI is InChI=1S/C16H22BrNO2/c1-11-7-13(17)8-12(9-18-14-4-5-14)16(11)20-10-15-3-2-6-19-15/h7-8,14-15,18H,2-6,9-10H2,1H3. The van der Waals surface area contributed by atoms with Gasteiger partial charge < -0.3 is 14.8 Å². The zero-order chi connectivity index (χ0) is 13.9. The smallest absolute Gasteiger partial charge is 0.126 e. The van der Waals surface area contributed by atoms with Crippen molar-refractivity contribution in [1.82, 2.24) is 5.32 Å². The van der Waals surface area contributed by atoms with Gasteiger partial charge in [-0.3, -0.25) is 0 Å². The first-order valence-corrected chi connectivity index (χ1v) is 8.28. The van der Waals surface area contributed by atoms with E-state index in [2.05, 4.69) is 40.3 Å². The second-order valence-electron chi connectivity index (χ2n) is 5.81. The second-order valence-corrected chi connectivity index (χ2v) is 6.73. The quantitative estimate of drug-likeness (QED) is 0.859. The molecule has 1 heterocycles. The van der Waals surface area contributed by atoms with Crippen molar-refractivity contribution in [2.45, 2.75) is 51.3 Å². The van der Waals surface area contributed by atoms with Crippen LogP contribution in [0.25, 0.3) is 0 Å². The minimum Gasteiger partial charge on any atom is -0.490 e. The van der Waals surface area contributed by atoms with Gasteiger partial charge in [-0.15, -0.1) is 0 Å². The van der Waals surface area contributed by atoms with E-state index in [0.29, 0.717) is 12.6 Å². The highest BCUT2D eigenvalue weighted by Crippen LogP contribution is 2.30. The number of halogens is 1. The minimum absolute atomic E-state index is 0.266. The van der Waals surface area contributed by atoms with E-state index in [1.807, 2.05) is 0 Å². The van der Waals surface area contributed by atoms with Crippen molar-refractivity contribution < 1.29 is 9.47 Å². The van der Waals surface area contributed by atoms with Crippen LogP contribution >= 0.6 is 15.9 Å². The van der Waals surface area contributed by atoms with Crippen LogP contribution in [0.2, 0.25) is 0 Å². The third-order valence-corrected chi connectivity index (χ3v) is 4.37. The Morgan fingerprint density at radius 2 is 2.20 bits per heavy atom. The zero-order valence-electron chi connectivity index (χ0n) is 12.0. The Bertz CT molecular complexity index is 468. The molecule has 3 nitrogen and oxygen atoms in total. The van der Waals surface area contributed by atoms with Crippen LogP contribution in [0.15, 0.2) is 16.6 Å². The summed E-state index contributed by atoms with van der Waals surface area (Å²) in [4.78, 5) is 0. The van der Waals surface area contributed by atoms with E-state index in [4.69, 9.17) is 9.47 Å². The lowest BCUT2D eigenvalue weighted by Crippen LogP contribution is -2.20. The number of benzene rings is 1. The molecule has 20 heavy (non-hydrogen) atoms. The van der Waals surface area contributed by atoms with Gasteiger partial charge in [-0.25, -0.2) is 0 Å². The summed E-state index contributed by atoms with van der Waals surface area (Å²) in [7, 11) is 0. The molecule has 1 saturated heterocycles. The van der Waals surface area contributed by atoms with Crippen molar-refractivity contribution in [2.75, 3.05) is 13.2 Å². The van der Waals surface area contributed by atoms with Gasteiger partial charge in [-0.1, -0.05) is 15.9 Å². The first kappa shape index (κ1) is 14.4. The molecule has 4 heteroatoms. The van der Waals surface area contributed by atoms with Crippen molar-refractivity contribution in [3.63, 3.8) is 0 Å². The summed E-state index contributed by atoms with van der Waals surface area (Å²) in [5.74, 6) is 1.02. The summed E-state index contributed by atoms with van der Waals surface area (Å²) in [5, 5.41) is 3.56. The number of hydrogen-bond donors (Lipinski definition) is 1. The van der Waals surface area contributed by atoms with Crippen LogP contribution in [-0.2, 0) is 11.3 Å². The van der Waals surface area contributed by atoms with Gasteiger partial charge in [0.15, 0.2) is 0 Å². The lowest BCUT2D eigenvalue weighted by Gasteiger charge is -2.17. The largest absolute Gasteiger partial charge is 0.490 e. The molecular formula is C16H22BrNO2. The number of rotatable bonds is 6. The van der Waals surface area contributed by atoms with Crippen molar-refractivity contribution >= 4 is 15.9 Å². The number of ether oxygens (including phenoxy) is 2. The molecule has 2 fully saturated rings. The van der Waals surface area contributed by atoms with Gasteiger partial charge in [0.1, 0.15) is 12.4 Å². The summed E-state index contributed by atoms with van der Waals surface area (Å²) in [6, 6.07) is 4.99. The summed E-state index contributed by atoms with van der Waals surface area (Å²) in [6.07, 6.45) is 5.15. The number of aryl methyl sites for hydroxylation is 1. The maximum absolute atomic E-state index is 6.07. The molecule has 1 aliphatic heterocycles. The average Bonchev–Trinajstić information content (AvgIpc) is 3.10. The van der Waals surface area contributed by atoms with Gasteiger partial charge >= 0.3 is 0 Å². The van der Waals surface area contributed by atoms with Gasteiger partial charge in [0, 0.05) is 29.2 Å². The highest BCUT2D eigenvalue weighted by Gasteiger charge is 2.22. The van der Waals surface area contributed by atoms with E-state index >= 15 is 0 Å². The van der Waals surface area contributed by atoms with Crippen LogP contribution in [0, 0.1) is 6.92 Å². The van der Waals surface area contributed by atoms with Crippen molar-refractivity contribution in [1.29, 1.82) is 0 Å². The van der Waals surface area contributed by atoms with E-state index < -0.39 is 0 Å². The first-order chi connectivity index (χ1) is 9.72. The second kappa shape index (κ2) is 6.46. The highest BCUT2D eigenvalue weighted by molar-refractivity contribution is 9.10. The predicted octanol–water partition coefficient (Wildman–Crippen LogP) is 3.57. The van der Waals surface area contributed by atoms with E-state index in [-0.39, 0.29) is 6.10 Å². The van der Waals surface area contributed by atoms with Gasteiger partial charge in [-0.2, -0.15) is 0 Å². The summed E-state index contributed by atoms with van der Waals surface area (Å²) in [6.45, 7) is 4.53. The summed E-state index contributed by atoms with van der Waals surface area (Å²) >= 11 is 3.58. The Morgan fingerprint density at radius 1 is 1.35 bits per heavy atom. The average molecular weight is 340 g/mol. The lowest BCUT2D eigenvalue weighted by atomic mass is 10.1. The first-order valence-electron chi connectivity index (χ1n) is 7.49. The van der Waals surface area contributed by atoms with Crippen LogP contribution < -0.4 is 10.1 Å². The normalized spacial score (nSPS) is 22.2. The molecule has 1 unspecified atom stereocenters. The zero-order valence-corrected chi connectivity index (χ0v) is 13.5. The van der Waals surface area contributed by atoms with E-state index in [1.54, 1.807) is 0 Å². The van der Waals surface area contributed by atoms with E-state index in [9.17, 15) is 0 Å². The molecule has 0 bridgehead atoms. The SMILES string of the molecule is Cc1cc(Br)cc(CNC2CC2)c1OCC1CCCO1. The Kier molecular flexibility index (Phi) is 4.64. The molecular weight excluding hydrogens is 318 g/mol. The molecule has 1 N–H and O–H groups in total. The Balaban J connectivity index is 1.68. The maximum Gasteiger partial charge on any atom is 0.126 e. The number of nitrogens with one attached hydrogen (secondary N) is 1. The maximum atomic E-state index is 6.07. The molecule has 1 aromatic carbocycles. The van der Waals surface area contributed by atoms with Crippen LogP contribution in [0.3, 0.4) is 0 Å². The lowest BCUT2D eigenvalue weighted by molar-refractivity contribution is 0.0673. The van der Waals surface area contributed by atoms with Crippen LogP contribution in [0.4, 0.5) is 0 Å². The summed E-state index contributed by atoms with van der Waals surface area (Å²) in [5.41, 5.74) is 2.42. The molecule has 1 atom stereocenters. The third kappa shape index (κ3) is 3.74. The molecule has 3 rings (SSSR count). The molecule has 0 amide bonds. The summed E-state index contributed by atoms with van der Waals surface area (Å²) < 4.78 is 12.8. The fraction of sp³-hybridized carbons (Fsp3) is 0.625. The molecule has 0 spiro atoms. The molecule has 110 valence electrons. The van der Waals surface area contributed by atoms with Crippen LogP contribution in [0.1, 0.15) is 36.8 Å². The molecule has 2 aliphatic rings. The van der Waals surface area contributed by atoms with Crippen molar-refractivity contribution in [2.24, 2.45) is 0 Å². The highest BCUT2D eigenvalue weighted by atomic mass is 79.9. The Labute approximate surface area is 129 Å². The van der Waals surface area contributed by atoms with Gasteiger partial charge in [-0.05, 0) is 50.3 Å². The molecule has 1 aromatic rings. The fourth-order valence-corrected chi connectivity index (χ4v) is 3.25. The third-order valence-electron chi connectivity index (χ3n) is 3.91. The van der Waals surface area contributed by atoms with Crippen molar-refractivity contribution in [3.8, 4) is 5.75 Å². The minimum atomic E-state index is 0.266. The molecule has 1 saturated carbocycles. The Morgan fingerprint density at radius 3 is 2.90 bits per heavy atom. The van der Waals surface area contributed by atoms with Gasteiger partial charge in [0.25, 0.3) is 0 Å². The topological polar surface area (TPSA) is 30.5 Å². The van der Waals surface area contributed by atoms with Crippen LogP contribution in [0.5, 0.6) is 5.75 Å². The predicted molar refractivity (Wildman–Crippen MR) is 83.2 cm³/mol. The monoisotopic (exact) mass is 339 g/mol. The fourth-order valence-electron chi connectivity index (χ4n) is 2.63. The van der Waals surface area contributed by atoms with Gasteiger partial charge in [0.05, 0.1) is 6.10 Å².